The van der Waals surface area contributed by atoms with Crippen LogP contribution in [0, 0.1) is 17.0 Å². The number of aromatic nitrogens is 2. The number of nitrogens with zero attached hydrogens (tertiary/aromatic N) is 4. The van der Waals surface area contributed by atoms with E-state index in [1.165, 1.54) is 10.4 Å². The Bertz CT molecular complexity index is 715. The first-order chi connectivity index (χ1) is 9.99. The molecule has 7 nitrogen and oxygen atoms in total. The minimum Gasteiger partial charge on any atom is -0.368 e. The molecular weight excluding hydrogens is 290 g/mol. The smallest absolute Gasteiger partial charge is 0.332 e. The van der Waals surface area contributed by atoms with Gasteiger partial charge in [0, 0.05) is 11.4 Å². The molecular formula is C13H15N5O2S. The van der Waals surface area contributed by atoms with Crippen molar-refractivity contribution in [3.63, 3.8) is 0 Å². The van der Waals surface area contributed by atoms with E-state index >= 15 is 0 Å². The van der Waals surface area contributed by atoms with Crippen LogP contribution in [0.15, 0.2) is 11.4 Å². The molecule has 0 amide bonds. The molecule has 0 bridgehead atoms. The van der Waals surface area contributed by atoms with E-state index in [1.807, 2.05) is 11.8 Å². The Morgan fingerprint density at radius 3 is 3.00 bits per heavy atom. The average Bonchev–Trinajstić information content (AvgIpc) is 2.86. The van der Waals surface area contributed by atoms with Crippen molar-refractivity contribution >= 4 is 28.8 Å². The fourth-order valence-corrected chi connectivity index (χ4v) is 3.75. The van der Waals surface area contributed by atoms with Gasteiger partial charge in [-0.1, -0.05) is 0 Å². The van der Waals surface area contributed by atoms with E-state index in [0.29, 0.717) is 18.1 Å². The first-order valence-electron chi connectivity index (χ1n) is 6.60. The van der Waals surface area contributed by atoms with Gasteiger partial charge in [-0.2, -0.15) is 4.98 Å². The standard InChI is InChI=1S/C13H15N5O2S/c1-7-11(18(19)20)12(16-13(14)15-7)17-5-3-10-9(8(17)2)4-6-21-10/h4,6,8H,3,5H2,1-2H3,(H2,14,15,16). The van der Waals surface area contributed by atoms with Gasteiger partial charge >= 0.3 is 5.69 Å². The van der Waals surface area contributed by atoms with Gasteiger partial charge in [0.05, 0.1) is 11.0 Å². The second-order valence-electron chi connectivity index (χ2n) is 5.02. The van der Waals surface area contributed by atoms with E-state index in [9.17, 15) is 10.1 Å². The summed E-state index contributed by atoms with van der Waals surface area (Å²) in [4.78, 5) is 22.3. The molecule has 0 saturated carbocycles. The van der Waals surface area contributed by atoms with Crippen LogP contribution in [-0.4, -0.2) is 21.4 Å². The highest BCUT2D eigenvalue weighted by atomic mass is 32.1. The fourth-order valence-electron chi connectivity index (χ4n) is 2.79. The molecule has 2 N–H and O–H groups in total. The third-order valence-corrected chi connectivity index (χ3v) is 4.79. The van der Waals surface area contributed by atoms with Gasteiger partial charge in [-0.05, 0) is 37.3 Å². The largest absolute Gasteiger partial charge is 0.368 e. The second kappa shape index (κ2) is 4.96. The maximum Gasteiger partial charge on any atom is 0.332 e. The Morgan fingerprint density at radius 2 is 2.29 bits per heavy atom. The lowest BCUT2D eigenvalue weighted by Gasteiger charge is -2.34. The van der Waals surface area contributed by atoms with Crippen LogP contribution in [-0.2, 0) is 6.42 Å². The van der Waals surface area contributed by atoms with E-state index in [1.54, 1.807) is 18.3 Å². The molecule has 110 valence electrons. The summed E-state index contributed by atoms with van der Waals surface area (Å²) in [5, 5.41) is 13.4. The van der Waals surface area contributed by atoms with Crippen LogP contribution in [0.3, 0.4) is 0 Å². The molecule has 8 heteroatoms. The third kappa shape index (κ3) is 2.21. The molecule has 3 rings (SSSR count). The molecule has 21 heavy (non-hydrogen) atoms. The Kier molecular flexibility index (Phi) is 3.25. The van der Waals surface area contributed by atoms with Crippen molar-refractivity contribution in [1.29, 1.82) is 0 Å². The van der Waals surface area contributed by atoms with Crippen molar-refractivity contribution < 1.29 is 4.92 Å². The number of rotatable bonds is 2. The van der Waals surface area contributed by atoms with Crippen LogP contribution >= 0.6 is 11.3 Å². The van der Waals surface area contributed by atoms with Crippen molar-refractivity contribution in [2.45, 2.75) is 26.3 Å². The van der Waals surface area contributed by atoms with E-state index in [2.05, 4.69) is 21.4 Å². The number of fused-ring (bicyclic) bond motifs is 1. The predicted molar refractivity (Wildman–Crippen MR) is 81.6 cm³/mol. The number of hydrogen-bond donors (Lipinski definition) is 1. The Hall–Kier alpha value is -2.22. The van der Waals surface area contributed by atoms with Crippen LogP contribution < -0.4 is 10.6 Å². The summed E-state index contributed by atoms with van der Waals surface area (Å²) in [6, 6.07) is 2.10. The van der Waals surface area contributed by atoms with Gasteiger partial charge in [-0.15, -0.1) is 11.3 Å². The van der Waals surface area contributed by atoms with Crippen molar-refractivity contribution in [2.24, 2.45) is 0 Å². The minimum atomic E-state index is -0.431. The van der Waals surface area contributed by atoms with Crippen LogP contribution in [0.4, 0.5) is 17.5 Å². The average molecular weight is 305 g/mol. The first kappa shape index (κ1) is 13.7. The van der Waals surface area contributed by atoms with Gasteiger partial charge in [0.2, 0.25) is 11.8 Å². The number of anilines is 2. The molecule has 2 aromatic heterocycles. The summed E-state index contributed by atoms with van der Waals surface area (Å²) < 4.78 is 0. The van der Waals surface area contributed by atoms with Crippen molar-refractivity contribution in [2.75, 3.05) is 17.2 Å². The number of nitrogens with two attached hydrogens (primary N) is 1. The van der Waals surface area contributed by atoms with Gasteiger partial charge < -0.3 is 10.6 Å². The molecule has 3 heterocycles. The summed E-state index contributed by atoms with van der Waals surface area (Å²) in [6.45, 7) is 4.30. The molecule has 0 spiro atoms. The zero-order valence-electron chi connectivity index (χ0n) is 11.7. The second-order valence-corrected chi connectivity index (χ2v) is 6.02. The first-order valence-corrected chi connectivity index (χ1v) is 7.48. The summed E-state index contributed by atoms with van der Waals surface area (Å²) in [5.41, 5.74) is 7.13. The fraction of sp³-hybridized carbons (Fsp3) is 0.385. The van der Waals surface area contributed by atoms with Crippen LogP contribution in [0.1, 0.15) is 29.1 Å². The highest BCUT2D eigenvalue weighted by Crippen LogP contribution is 2.39. The van der Waals surface area contributed by atoms with Crippen LogP contribution in [0.25, 0.3) is 0 Å². The summed E-state index contributed by atoms with van der Waals surface area (Å²) >= 11 is 1.73. The summed E-state index contributed by atoms with van der Waals surface area (Å²) in [6.07, 6.45) is 0.859. The lowest BCUT2D eigenvalue weighted by Crippen LogP contribution is -2.34. The van der Waals surface area contributed by atoms with E-state index in [4.69, 9.17) is 5.73 Å². The highest BCUT2D eigenvalue weighted by molar-refractivity contribution is 7.10. The van der Waals surface area contributed by atoms with E-state index in [-0.39, 0.29) is 17.7 Å². The molecule has 0 fully saturated rings. The van der Waals surface area contributed by atoms with Crippen molar-refractivity contribution in [3.05, 3.63) is 37.7 Å². The highest BCUT2D eigenvalue weighted by Gasteiger charge is 2.32. The maximum atomic E-state index is 11.4. The molecule has 0 aliphatic carbocycles. The normalized spacial score (nSPS) is 17.6. The zero-order valence-corrected chi connectivity index (χ0v) is 12.6. The van der Waals surface area contributed by atoms with Crippen molar-refractivity contribution in [1.82, 2.24) is 9.97 Å². The van der Waals surface area contributed by atoms with Gasteiger partial charge in [0.15, 0.2) is 0 Å². The van der Waals surface area contributed by atoms with E-state index < -0.39 is 4.92 Å². The van der Waals surface area contributed by atoms with Gasteiger partial charge in [-0.25, -0.2) is 4.98 Å². The Balaban J connectivity index is 2.11. The number of nitrogen functional groups attached to an aromatic ring is 1. The Labute approximate surface area is 125 Å². The quantitative estimate of drug-likeness (QED) is 0.676. The number of hydrogen-bond acceptors (Lipinski definition) is 7. The third-order valence-electron chi connectivity index (χ3n) is 3.79. The topological polar surface area (TPSA) is 98.2 Å². The minimum absolute atomic E-state index is 0.0346. The number of nitro groups is 1. The SMILES string of the molecule is Cc1nc(N)nc(N2CCc3sccc3C2C)c1[N+](=O)[O-]. The molecule has 2 aromatic rings. The lowest BCUT2D eigenvalue weighted by molar-refractivity contribution is -0.385. The summed E-state index contributed by atoms with van der Waals surface area (Å²) in [5.74, 6) is 0.380. The molecule has 0 aromatic carbocycles. The molecule has 1 unspecified atom stereocenters. The van der Waals surface area contributed by atoms with Crippen LogP contribution in [0.2, 0.25) is 0 Å². The van der Waals surface area contributed by atoms with Gasteiger partial charge in [0.1, 0.15) is 5.69 Å². The molecule has 1 aliphatic heterocycles. The summed E-state index contributed by atoms with van der Waals surface area (Å²) in [7, 11) is 0. The van der Waals surface area contributed by atoms with Gasteiger partial charge in [-0.3, -0.25) is 10.1 Å². The maximum absolute atomic E-state index is 11.4. The molecule has 1 atom stereocenters. The molecule has 0 saturated heterocycles. The van der Waals surface area contributed by atoms with Crippen LogP contribution in [0.5, 0.6) is 0 Å². The molecule has 0 radical (unpaired) electrons. The van der Waals surface area contributed by atoms with E-state index in [0.717, 1.165) is 6.42 Å². The van der Waals surface area contributed by atoms with Crippen molar-refractivity contribution in [3.8, 4) is 0 Å². The van der Waals surface area contributed by atoms with Gasteiger partial charge in [0.25, 0.3) is 0 Å². The lowest BCUT2D eigenvalue weighted by atomic mass is 10.0. The monoisotopic (exact) mass is 305 g/mol. The predicted octanol–water partition coefficient (Wildman–Crippen LogP) is 2.46. The zero-order chi connectivity index (χ0) is 15.1. The molecule has 1 aliphatic rings. The number of aryl methyl sites for hydroxylation is 1. The number of thiophene rings is 1. The Morgan fingerprint density at radius 1 is 1.52 bits per heavy atom.